The quantitative estimate of drug-likeness (QED) is 0.367. The van der Waals surface area contributed by atoms with Crippen molar-refractivity contribution >= 4 is 65.3 Å². The van der Waals surface area contributed by atoms with E-state index < -0.39 is 0 Å². The van der Waals surface area contributed by atoms with Gasteiger partial charge in [-0.3, -0.25) is 0 Å². The Morgan fingerprint density at radius 3 is 1.14 bits per heavy atom. The van der Waals surface area contributed by atoms with E-state index in [1.807, 2.05) is 0 Å². The molecular formula is H6Cl3PSi3. The third-order valence-electron chi connectivity index (χ3n) is 0.507. The average Bonchev–Trinajstić information content (AvgIpc) is 1.72. The van der Waals surface area contributed by atoms with E-state index in [1.54, 1.807) is 0 Å². The SMILES string of the molecule is Cl[SiH2]P([SiH2]Cl)[SiH2]Cl. The molecule has 0 aromatic rings. The maximum absolute atomic E-state index is 5.64. The minimum absolute atomic E-state index is 0.159. The molecule has 0 aliphatic carbocycles. The van der Waals surface area contributed by atoms with Crippen molar-refractivity contribution in [1.29, 1.82) is 0 Å². The van der Waals surface area contributed by atoms with Crippen molar-refractivity contribution in [2.24, 2.45) is 0 Å². The summed E-state index contributed by atoms with van der Waals surface area (Å²) in [5.74, 6) is 0. The van der Waals surface area contributed by atoms with Crippen molar-refractivity contribution in [1.82, 2.24) is 0 Å². The van der Waals surface area contributed by atoms with Crippen LogP contribution in [0.25, 0.3) is 0 Å². The Labute approximate surface area is 65.2 Å². The first-order chi connectivity index (χ1) is 3.35. The predicted molar refractivity (Wildman–Crippen MR) is 50.1 cm³/mol. The van der Waals surface area contributed by atoms with E-state index >= 15 is 0 Å². The van der Waals surface area contributed by atoms with Crippen molar-refractivity contribution in [3.63, 3.8) is 0 Å². The topological polar surface area (TPSA) is 0 Å². The van der Waals surface area contributed by atoms with Crippen molar-refractivity contribution < 1.29 is 0 Å². The third-order valence-corrected chi connectivity index (χ3v) is 41.1. The summed E-state index contributed by atoms with van der Waals surface area (Å²) in [6.45, 7) is 0.159. The highest BCUT2D eigenvalue weighted by Crippen LogP contribution is 2.31. The summed E-state index contributed by atoms with van der Waals surface area (Å²) in [5, 5.41) is 0. The van der Waals surface area contributed by atoms with Crippen LogP contribution in [0.4, 0.5) is 0 Å². The van der Waals surface area contributed by atoms with Gasteiger partial charge in [-0.15, -0.1) is 6.57 Å². The van der Waals surface area contributed by atoms with E-state index in [9.17, 15) is 0 Å². The first-order valence-corrected chi connectivity index (χ1v) is 15.8. The molecule has 7 heteroatoms. The zero-order valence-corrected chi connectivity index (χ0v) is 11.1. The molecule has 0 N–H and O–H groups in total. The van der Waals surface area contributed by atoms with Crippen molar-refractivity contribution in [3.05, 3.63) is 0 Å². The molecule has 0 aliphatic heterocycles. The molecule has 0 nitrogen and oxygen atoms in total. The Morgan fingerprint density at radius 2 is 1.14 bits per heavy atom. The van der Waals surface area contributed by atoms with Crippen LogP contribution in [0, 0.1) is 0 Å². The van der Waals surface area contributed by atoms with Gasteiger partial charge in [-0.25, -0.2) is 0 Å². The van der Waals surface area contributed by atoms with E-state index in [4.69, 9.17) is 33.2 Å². The van der Waals surface area contributed by atoms with E-state index in [2.05, 4.69) is 0 Å². The molecule has 0 aromatic heterocycles. The fraction of sp³-hybridized carbons (Fsp3) is 0. The lowest BCUT2D eigenvalue weighted by molar-refractivity contribution is 4.11. The van der Waals surface area contributed by atoms with Crippen LogP contribution in [0.5, 0.6) is 0 Å². The van der Waals surface area contributed by atoms with Crippen molar-refractivity contribution in [3.8, 4) is 0 Å². The molecule has 0 fully saturated rings. The molecule has 44 valence electrons. The molecule has 0 atom stereocenters. The predicted octanol–water partition coefficient (Wildman–Crippen LogP) is 0.181. The number of halogens is 3. The fourth-order valence-electron chi connectivity index (χ4n) is 0.0958. The Morgan fingerprint density at radius 1 is 0.857 bits per heavy atom. The van der Waals surface area contributed by atoms with Gasteiger partial charge in [0, 0.05) is 0 Å². The Hall–Kier alpha value is 1.95. The molecule has 0 saturated carbocycles. The summed E-state index contributed by atoms with van der Waals surface area (Å²) < 4.78 is 0. The zero-order valence-electron chi connectivity index (χ0n) is 3.70. The normalized spacial score (nSPS) is 19.3. The summed E-state index contributed by atoms with van der Waals surface area (Å²) >= 11 is 16.9. The van der Waals surface area contributed by atoms with Gasteiger partial charge in [0.2, 0.25) is 0 Å². The lowest BCUT2D eigenvalue weighted by Crippen LogP contribution is -1.87. The van der Waals surface area contributed by atoms with Gasteiger partial charge in [0.25, 0.3) is 0 Å². The molecule has 0 heterocycles. The van der Waals surface area contributed by atoms with Crippen LogP contribution < -0.4 is 0 Å². The molecule has 0 radical (unpaired) electrons. The van der Waals surface area contributed by atoms with Gasteiger partial charge in [-0.2, -0.15) is 33.2 Å². The van der Waals surface area contributed by atoms with Gasteiger partial charge in [0.05, 0.1) is 0 Å². The second-order valence-corrected chi connectivity index (χ2v) is 27.8. The molecule has 0 aromatic carbocycles. The second-order valence-electron chi connectivity index (χ2n) is 1.03. The molecule has 0 aliphatic rings. The van der Waals surface area contributed by atoms with Gasteiger partial charge in [-0.05, 0) is 0 Å². The molecular weight excluding hydrogens is 222 g/mol. The highest BCUT2D eigenvalue weighted by molar-refractivity contribution is 8.32. The average molecular weight is 228 g/mol. The first-order valence-electron chi connectivity index (χ1n) is 1.75. The van der Waals surface area contributed by atoms with Crippen LogP contribution in [0.15, 0.2) is 0 Å². The Kier molecular flexibility index (Phi) is 7.77. The van der Waals surface area contributed by atoms with E-state index in [1.165, 1.54) is 0 Å². The van der Waals surface area contributed by atoms with Gasteiger partial charge in [0.1, 0.15) is 25.5 Å². The Bertz CT molecular complexity index is 31.7. The van der Waals surface area contributed by atoms with Crippen molar-refractivity contribution in [2.75, 3.05) is 0 Å². The van der Waals surface area contributed by atoms with E-state index in [0.29, 0.717) is 0 Å². The maximum atomic E-state index is 5.64. The smallest absolute Gasteiger partial charge is 0.145 e. The Balaban J connectivity index is 2.99. The molecule has 0 bridgehead atoms. The van der Waals surface area contributed by atoms with Gasteiger partial charge >= 0.3 is 0 Å². The maximum Gasteiger partial charge on any atom is 0.145 e. The summed E-state index contributed by atoms with van der Waals surface area (Å²) in [7, 11) is -0.826. The van der Waals surface area contributed by atoms with Crippen LogP contribution in [-0.2, 0) is 0 Å². The highest BCUT2D eigenvalue weighted by Gasteiger charge is 2.02. The fourth-order valence-corrected chi connectivity index (χ4v) is 23.3. The minimum Gasteiger partial charge on any atom is -0.171 e. The van der Waals surface area contributed by atoms with Crippen LogP contribution in [-0.4, -0.2) is 25.5 Å². The van der Waals surface area contributed by atoms with E-state index in [0.717, 1.165) is 0 Å². The van der Waals surface area contributed by atoms with Gasteiger partial charge < -0.3 is 0 Å². The van der Waals surface area contributed by atoms with Crippen LogP contribution in [0.1, 0.15) is 0 Å². The lowest BCUT2D eigenvalue weighted by Gasteiger charge is -1.99. The second kappa shape index (κ2) is 6.08. The van der Waals surface area contributed by atoms with Crippen molar-refractivity contribution in [2.45, 2.75) is 0 Å². The van der Waals surface area contributed by atoms with E-state index in [-0.39, 0.29) is 32.1 Å². The lowest BCUT2D eigenvalue weighted by atomic mass is 27.2. The highest BCUT2D eigenvalue weighted by atomic mass is 35.6. The number of hydrogen-bond acceptors (Lipinski definition) is 0. The monoisotopic (exact) mass is 226 g/mol. The largest absolute Gasteiger partial charge is 0.171 e. The molecule has 0 saturated heterocycles. The third kappa shape index (κ3) is 4.45. The van der Waals surface area contributed by atoms with Gasteiger partial charge in [0.15, 0.2) is 0 Å². The number of rotatable bonds is 3. The summed E-state index contributed by atoms with van der Waals surface area (Å²) in [6, 6.07) is 0. The minimum atomic E-state index is -0.275. The van der Waals surface area contributed by atoms with Crippen LogP contribution in [0.2, 0.25) is 0 Å². The van der Waals surface area contributed by atoms with Crippen LogP contribution >= 0.6 is 39.8 Å². The summed E-state index contributed by atoms with van der Waals surface area (Å²) in [4.78, 5) is 0. The molecule has 7 heavy (non-hydrogen) atoms. The molecule has 0 unspecified atom stereocenters. The molecule has 0 amide bonds. The first kappa shape index (κ1) is 8.95. The molecule has 0 rings (SSSR count). The number of hydrogen-bond donors (Lipinski definition) is 0. The van der Waals surface area contributed by atoms with Gasteiger partial charge in [-0.1, -0.05) is 0 Å². The summed E-state index contributed by atoms with van der Waals surface area (Å²) in [5.41, 5.74) is 0. The van der Waals surface area contributed by atoms with Crippen LogP contribution in [0.3, 0.4) is 0 Å². The standard InChI is InChI=1S/Cl3H6PSi3/c1-5-4(6-2)7-3/h5-7H2. The summed E-state index contributed by atoms with van der Waals surface area (Å²) in [6.07, 6.45) is 0. The molecule has 0 spiro atoms. The zero-order chi connectivity index (χ0) is 5.70.